The van der Waals surface area contributed by atoms with Gasteiger partial charge < -0.3 is 5.11 Å². The van der Waals surface area contributed by atoms with Crippen LogP contribution in [0, 0.1) is 13.8 Å². The number of nitrogens with zero attached hydrogens (tertiary/aromatic N) is 1. The lowest BCUT2D eigenvalue weighted by atomic mass is 9.94. The molecule has 1 aliphatic heterocycles. The zero-order valence-corrected chi connectivity index (χ0v) is 11.9. The Morgan fingerprint density at radius 2 is 1.95 bits per heavy atom. The molecule has 1 aromatic rings. The van der Waals surface area contributed by atoms with Crippen LogP contribution in [-0.2, 0) is 4.79 Å². The molecule has 0 aromatic heterocycles. The maximum Gasteiger partial charge on any atom is 0.305 e. The Morgan fingerprint density at radius 1 is 1.26 bits per heavy atom. The van der Waals surface area contributed by atoms with E-state index in [-0.39, 0.29) is 12.5 Å². The van der Waals surface area contributed by atoms with E-state index >= 15 is 0 Å². The molecule has 0 aliphatic carbocycles. The molecule has 1 N–H and O–H groups in total. The van der Waals surface area contributed by atoms with Crippen molar-refractivity contribution in [1.29, 1.82) is 0 Å². The van der Waals surface area contributed by atoms with Gasteiger partial charge in [0.1, 0.15) is 0 Å². The highest BCUT2D eigenvalue weighted by Gasteiger charge is 2.25. The van der Waals surface area contributed by atoms with Gasteiger partial charge in [-0.15, -0.1) is 0 Å². The molecule has 104 valence electrons. The van der Waals surface area contributed by atoms with Gasteiger partial charge in [-0.05, 0) is 50.9 Å². The Kier molecular flexibility index (Phi) is 4.59. The molecule has 1 aromatic carbocycles. The van der Waals surface area contributed by atoms with Gasteiger partial charge in [0.05, 0.1) is 6.42 Å². The van der Waals surface area contributed by atoms with E-state index in [9.17, 15) is 9.90 Å². The number of hydrogen-bond donors (Lipinski definition) is 1. The van der Waals surface area contributed by atoms with Gasteiger partial charge in [-0.25, -0.2) is 0 Å². The van der Waals surface area contributed by atoms with E-state index in [1.54, 1.807) is 0 Å². The van der Waals surface area contributed by atoms with E-state index in [4.69, 9.17) is 0 Å². The number of piperidine rings is 1. The number of carbonyl (C=O) groups is 1. The predicted octanol–water partition coefficient (Wildman–Crippen LogP) is 3.31. The van der Waals surface area contributed by atoms with E-state index in [1.165, 1.54) is 36.0 Å². The van der Waals surface area contributed by atoms with Gasteiger partial charge in [-0.1, -0.05) is 30.2 Å². The average molecular weight is 261 g/mol. The van der Waals surface area contributed by atoms with Gasteiger partial charge in [0, 0.05) is 6.04 Å². The molecule has 3 nitrogen and oxygen atoms in total. The second-order valence-electron chi connectivity index (χ2n) is 5.57. The third-order valence-electron chi connectivity index (χ3n) is 3.99. The molecule has 0 radical (unpaired) electrons. The van der Waals surface area contributed by atoms with Crippen molar-refractivity contribution in [2.45, 2.75) is 45.6 Å². The van der Waals surface area contributed by atoms with Crippen molar-refractivity contribution in [3.63, 3.8) is 0 Å². The Bertz CT molecular complexity index is 450. The number of benzene rings is 1. The van der Waals surface area contributed by atoms with Gasteiger partial charge in [0.15, 0.2) is 0 Å². The number of rotatable bonds is 4. The highest BCUT2D eigenvalue weighted by molar-refractivity contribution is 5.68. The number of aryl methyl sites for hydroxylation is 2. The quantitative estimate of drug-likeness (QED) is 0.904. The van der Waals surface area contributed by atoms with Crippen molar-refractivity contribution in [2.24, 2.45) is 0 Å². The van der Waals surface area contributed by atoms with E-state index in [2.05, 4.69) is 36.9 Å². The monoisotopic (exact) mass is 261 g/mol. The normalized spacial score (nSPS) is 18.2. The van der Waals surface area contributed by atoms with Crippen LogP contribution in [0.15, 0.2) is 18.2 Å². The summed E-state index contributed by atoms with van der Waals surface area (Å²) in [6, 6.07) is 6.37. The van der Waals surface area contributed by atoms with E-state index in [1.807, 2.05) is 0 Å². The Labute approximate surface area is 115 Å². The van der Waals surface area contributed by atoms with Crippen LogP contribution in [0.3, 0.4) is 0 Å². The van der Waals surface area contributed by atoms with Crippen LogP contribution in [0.2, 0.25) is 0 Å². The lowest BCUT2D eigenvalue weighted by Gasteiger charge is -2.35. The third-order valence-corrected chi connectivity index (χ3v) is 3.99. The molecule has 0 spiro atoms. The SMILES string of the molecule is Cc1ccc(C)c(C(CC(=O)O)N2CCCCC2)c1. The molecule has 3 heteroatoms. The second kappa shape index (κ2) is 6.20. The zero-order chi connectivity index (χ0) is 13.8. The molecule has 0 bridgehead atoms. The van der Waals surface area contributed by atoms with E-state index in [0.717, 1.165) is 13.1 Å². The number of likely N-dealkylation sites (tertiary alicyclic amines) is 1. The van der Waals surface area contributed by atoms with Gasteiger partial charge >= 0.3 is 5.97 Å². The molecule has 2 rings (SSSR count). The lowest BCUT2D eigenvalue weighted by molar-refractivity contribution is -0.138. The second-order valence-corrected chi connectivity index (χ2v) is 5.57. The number of aliphatic carboxylic acids is 1. The van der Waals surface area contributed by atoms with E-state index in [0.29, 0.717) is 0 Å². The van der Waals surface area contributed by atoms with Crippen LogP contribution in [0.25, 0.3) is 0 Å². The van der Waals surface area contributed by atoms with Crippen molar-refractivity contribution in [3.05, 3.63) is 34.9 Å². The summed E-state index contributed by atoms with van der Waals surface area (Å²) >= 11 is 0. The molecule has 1 aliphatic rings. The molecule has 0 amide bonds. The molecule has 1 unspecified atom stereocenters. The summed E-state index contributed by atoms with van der Waals surface area (Å²) in [6.45, 7) is 6.18. The molecule has 1 saturated heterocycles. The van der Waals surface area contributed by atoms with Crippen LogP contribution >= 0.6 is 0 Å². The van der Waals surface area contributed by atoms with Gasteiger partial charge in [0.2, 0.25) is 0 Å². The van der Waals surface area contributed by atoms with Crippen LogP contribution in [0.5, 0.6) is 0 Å². The molecule has 0 saturated carbocycles. The van der Waals surface area contributed by atoms with Crippen molar-refractivity contribution in [3.8, 4) is 0 Å². The van der Waals surface area contributed by atoms with Crippen LogP contribution in [0.4, 0.5) is 0 Å². The zero-order valence-electron chi connectivity index (χ0n) is 11.9. The first-order chi connectivity index (χ1) is 9.08. The van der Waals surface area contributed by atoms with Crippen LogP contribution < -0.4 is 0 Å². The molecule has 19 heavy (non-hydrogen) atoms. The van der Waals surface area contributed by atoms with Crippen LogP contribution in [0.1, 0.15) is 48.4 Å². The Hall–Kier alpha value is -1.35. The maximum absolute atomic E-state index is 11.2. The highest BCUT2D eigenvalue weighted by atomic mass is 16.4. The van der Waals surface area contributed by atoms with Gasteiger partial charge in [-0.2, -0.15) is 0 Å². The minimum atomic E-state index is -0.712. The molecular formula is C16H23NO2. The topological polar surface area (TPSA) is 40.5 Å². The Balaban J connectivity index is 2.29. The largest absolute Gasteiger partial charge is 0.481 e. The first kappa shape index (κ1) is 14.1. The standard InChI is InChI=1S/C16H23NO2/c1-12-6-7-13(2)14(10-12)15(11-16(18)19)17-8-4-3-5-9-17/h6-7,10,15H,3-5,8-9,11H2,1-2H3,(H,18,19). The van der Waals surface area contributed by atoms with Crippen LogP contribution in [-0.4, -0.2) is 29.1 Å². The van der Waals surface area contributed by atoms with Gasteiger partial charge in [-0.3, -0.25) is 9.69 Å². The minimum Gasteiger partial charge on any atom is -0.481 e. The van der Waals surface area contributed by atoms with E-state index < -0.39 is 5.97 Å². The van der Waals surface area contributed by atoms with Crippen molar-refractivity contribution < 1.29 is 9.90 Å². The lowest BCUT2D eigenvalue weighted by Crippen LogP contribution is -2.35. The summed E-state index contributed by atoms with van der Waals surface area (Å²) in [4.78, 5) is 13.5. The average Bonchev–Trinajstić information content (AvgIpc) is 2.40. The smallest absolute Gasteiger partial charge is 0.305 e. The summed E-state index contributed by atoms with van der Waals surface area (Å²) in [7, 11) is 0. The van der Waals surface area contributed by atoms with Crippen molar-refractivity contribution >= 4 is 5.97 Å². The summed E-state index contributed by atoms with van der Waals surface area (Å²) < 4.78 is 0. The molecule has 1 fully saturated rings. The fraction of sp³-hybridized carbons (Fsp3) is 0.562. The molecule has 1 atom stereocenters. The predicted molar refractivity (Wildman–Crippen MR) is 76.3 cm³/mol. The first-order valence-electron chi connectivity index (χ1n) is 7.11. The van der Waals surface area contributed by atoms with Crippen molar-refractivity contribution in [1.82, 2.24) is 4.90 Å². The maximum atomic E-state index is 11.2. The Morgan fingerprint density at radius 3 is 2.58 bits per heavy atom. The highest BCUT2D eigenvalue weighted by Crippen LogP contribution is 2.30. The fourth-order valence-corrected chi connectivity index (χ4v) is 2.95. The molecule has 1 heterocycles. The summed E-state index contributed by atoms with van der Waals surface area (Å²) in [5.41, 5.74) is 3.58. The van der Waals surface area contributed by atoms with Gasteiger partial charge in [0.25, 0.3) is 0 Å². The summed E-state index contributed by atoms with van der Waals surface area (Å²) in [6.07, 6.45) is 3.83. The first-order valence-corrected chi connectivity index (χ1v) is 7.11. The number of carboxylic acids is 1. The fourth-order valence-electron chi connectivity index (χ4n) is 2.95. The minimum absolute atomic E-state index is 0.0256. The summed E-state index contributed by atoms with van der Waals surface area (Å²) in [5, 5.41) is 9.21. The third kappa shape index (κ3) is 3.57. The number of hydrogen-bond acceptors (Lipinski definition) is 2. The summed E-state index contributed by atoms with van der Waals surface area (Å²) in [5.74, 6) is -0.712. The van der Waals surface area contributed by atoms with Crippen molar-refractivity contribution in [2.75, 3.05) is 13.1 Å². The molecular weight excluding hydrogens is 238 g/mol. The number of carboxylic acid groups (broad SMARTS) is 1.